The van der Waals surface area contributed by atoms with Gasteiger partial charge in [-0.2, -0.15) is 0 Å². The molecule has 0 bridgehead atoms. The van der Waals surface area contributed by atoms with E-state index in [0.717, 1.165) is 54.8 Å². The average Bonchev–Trinajstić information content (AvgIpc) is 3.37. The quantitative estimate of drug-likeness (QED) is 0.110. The number of hydrogen-bond acceptors (Lipinski definition) is 2. The second-order valence-corrected chi connectivity index (χ2v) is 17.5. The molecule has 2 nitrogen and oxygen atoms in total. The fourth-order valence-electron chi connectivity index (χ4n) is 11.0. The van der Waals surface area contributed by atoms with Crippen LogP contribution in [0.15, 0.2) is 11.6 Å². The molecule has 2 heteroatoms. The molecule has 264 valence electrons. The fourth-order valence-corrected chi connectivity index (χ4v) is 11.0. The lowest BCUT2D eigenvalue weighted by Crippen LogP contribution is -2.50. The van der Waals surface area contributed by atoms with Crippen LogP contribution in [0.2, 0.25) is 0 Å². The number of allylic oxidation sites excluding steroid dienone is 1. The summed E-state index contributed by atoms with van der Waals surface area (Å²) in [5.74, 6) is 5.46. The third-order valence-electron chi connectivity index (χ3n) is 13.8. The largest absolute Gasteiger partial charge is 0.396 e. The van der Waals surface area contributed by atoms with Gasteiger partial charge in [0.2, 0.25) is 0 Å². The number of rotatable bonds is 19. The van der Waals surface area contributed by atoms with E-state index < -0.39 is 0 Å². The third kappa shape index (κ3) is 11.4. The van der Waals surface area contributed by atoms with Crippen LogP contribution in [0.4, 0.5) is 0 Å². The lowest BCUT2D eigenvalue weighted by molar-refractivity contribution is -0.0573. The van der Waals surface area contributed by atoms with Crippen LogP contribution < -0.4 is 0 Å². The molecule has 4 rings (SSSR count). The molecule has 0 heterocycles. The lowest BCUT2D eigenvalue weighted by atomic mass is 9.47. The van der Waals surface area contributed by atoms with Gasteiger partial charge in [-0.25, -0.2) is 0 Å². The smallest absolute Gasteiger partial charge is 0.0577 e. The molecule has 0 radical (unpaired) electrons. The van der Waals surface area contributed by atoms with Gasteiger partial charge >= 0.3 is 0 Å². The highest BCUT2D eigenvalue weighted by Crippen LogP contribution is 2.67. The first kappa shape index (κ1) is 39.1. The Kier molecular flexibility index (Phi) is 17.6. The summed E-state index contributed by atoms with van der Waals surface area (Å²) in [5, 5.41) is 18.9. The van der Waals surface area contributed by atoms with E-state index in [1.165, 1.54) is 141 Å². The summed E-state index contributed by atoms with van der Waals surface area (Å²) in [6.45, 7) is 15.2. The molecule has 0 aliphatic heterocycles. The molecule has 1 unspecified atom stereocenters. The maximum absolute atomic E-state index is 10.2. The van der Waals surface area contributed by atoms with E-state index >= 15 is 0 Å². The van der Waals surface area contributed by atoms with Crippen LogP contribution in [0.3, 0.4) is 0 Å². The SMILES string of the molecule is CC(C)CCCC(C)[C@H]1CC[C@H]2[C@@H]3CC=C4C[C@@H](O)CC[C@]4(C)[C@H]3CC[C@]12C.CCCCCCCCCCCCCCCCO. The summed E-state index contributed by atoms with van der Waals surface area (Å²) < 4.78 is 0. The minimum absolute atomic E-state index is 0.0766. The monoisotopic (exact) mass is 629 g/mol. The van der Waals surface area contributed by atoms with Gasteiger partial charge in [0.15, 0.2) is 0 Å². The van der Waals surface area contributed by atoms with Crippen molar-refractivity contribution in [2.45, 2.75) is 208 Å². The van der Waals surface area contributed by atoms with Crippen LogP contribution >= 0.6 is 0 Å². The van der Waals surface area contributed by atoms with E-state index in [1.807, 2.05) is 0 Å². The van der Waals surface area contributed by atoms with Crippen molar-refractivity contribution in [2.24, 2.45) is 46.3 Å². The number of aliphatic hydroxyl groups excluding tert-OH is 2. The van der Waals surface area contributed by atoms with E-state index in [4.69, 9.17) is 5.11 Å². The molecule has 4 aliphatic carbocycles. The number of fused-ring (bicyclic) bond motifs is 5. The number of aliphatic hydroxyl groups is 2. The molecule has 0 saturated heterocycles. The standard InChI is InChI=1S/C27H46O.C16H34O/c1-18(2)7-6-8-19(3)23-11-12-24-22-10-9-20-17-21(28)13-15-26(20,4)25(22)14-16-27(23,24)5;1-2-3-4-5-6-7-8-9-10-11-12-13-14-15-16-17/h9,18-19,21-25,28H,6-8,10-17H2,1-5H3;17H,2-16H2,1H3/t19?,21-,22-,23+,24-,25-,26-,27+;/m0./s1. The van der Waals surface area contributed by atoms with Crippen molar-refractivity contribution in [1.82, 2.24) is 0 Å². The van der Waals surface area contributed by atoms with Crippen LogP contribution in [0.25, 0.3) is 0 Å². The molecular weight excluding hydrogens is 548 g/mol. The highest BCUT2D eigenvalue weighted by atomic mass is 16.3. The molecular formula is C43H80O2. The van der Waals surface area contributed by atoms with E-state index in [0.29, 0.717) is 17.4 Å². The Bertz CT molecular complexity index is 803. The van der Waals surface area contributed by atoms with Gasteiger partial charge in [0, 0.05) is 6.61 Å². The van der Waals surface area contributed by atoms with Crippen molar-refractivity contribution in [3.05, 3.63) is 11.6 Å². The molecule has 3 fully saturated rings. The Balaban J connectivity index is 0.000000281. The minimum atomic E-state index is -0.0766. The highest BCUT2D eigenvalue weighted by molar-refractivity contribution is 5.25. The van der Waals surface area contributed by atoms with Gasteiger partial charge in [0.25, 0.3) is 0 Å². The first-order valence-corrected chi connectivity index (χ1v) is 20.7. The van der Waals surface area contributed by atoms with E-state index in [2.05, 4.69) is 47.6 Å². The van der Waals surface area contributed by atoms with Crippen molar-refractivity contribution in [3.63, 3.8) is 0 Å². The van der Waals surface area contributed by atoms with Gasteiger partial charge in [0.1, 0.15) is 0 Å². The summed E-state index contributed by atoms with van der Waals surface area (Å²) in [6.07, 6.45) is 36.4. The van der Waals surface area contributed by atoms with Gasteiger partial charge in [-0.05, 0) is 104 Å². The van der Waals surface area contributed by atoms with Crippen molar-refractivity contribution in [3.8, 4) is 0 Å². The van der Waals surface area contributed by atoms with Crippen LogP contribution in [0, 0.1) is 46.3 Å². The third-order valence-corrected chi connectivity index (χ3v) is 13.8. The molecule has 4 aliphatic rings. The molecule has 2 N–H and O–H groups in total. The van der Waals surface area contributed by atoms with Crippen LogP contribution in [-0.2, 0) is 0 Å². The van der Waals surface area contributed by atoms with E-state index in [9.17, 15) is 5.11 Å². The van der Waals surface area contributed by atoms with Gasteiger partial charge in [-0.15, -0.1) is 0 Å². The normalized spacial score (nSPS) is 33.1. The Morgan fingerprint density at radius 1 is 0.711 bits per heavy atom. The van der Waals surface area contributed by atoms with Crippen molar-refractivity contribution in [2.75, 3.05) is 6.61 Å². The zero-order valence-corrected chi connectivity index (χ0v) is 31.4. The topological polar surface area (TPSA) is 40.5 Å². The zero-order valence-electron chi connectivity index (χ0n) is 31.4. The molecule has 0 amide bonds. The Hall–Kier alpha value is -0.340. The number of unbranched alkanes of at least 4 members (excludes halogenated alkanes) is 13. The summed E-state index contributed by atoms with van der Waals surface area (Å²) in [6, 6.07) is 0. The average molecular weight is 629 g/mol. The van der Waals surface area contributed by atoms with Gasteiger partial charge < -0.3 is 10.2 Å². The molecule has 0 spiro atoms. The molecule has 8 atom stereocenters. The Morgan fingerprint density at radius 3 is 1.89 bits per heavy atom. The zero-order chi connectivity index (χ0) is 32.7. The predicted octanol–water partition coefficient (Wildman–Crippen LogP) is 12.8. The molecule has 3 saturated carbocycles. The van der Waals surface area contributed by atoms with Crippen LogP contribution in [-0.4, -0.2) is 22.9 Å². The summed E-state index contributed by atoms with van der Waals surface area (Å²) in [7, 11) is 0. The van der Waals surface area contributed by atoms with Crippen LogP contribution in [0.5, 0.6) is 0 Å². The summed E-state index contributed by atoms with van der Waals surface area (Å²) >= 11 is 0. The first-order chi connectivity index (χ1) is 21.7. The number of hydrogen-bond donors (Lipinski definition) is 2. The Morgan fingerprint density at radius 2 is 1.31 bits per heavy atom. The highest BCUT2D eigenvalue weighted by Gasteiger charge is 2.59. The predicted molar refractivity (Wildman–Crippen MR) is 196 cm³/mol. The maximum atomic E-state index is 10.2. The molecule has 45 heavy (non-hydrogen) atoms. The van der Waals surface area contributed by atoms with Gasteiger partial charge in [-0.1, -0.05) is 156 Å². The van der Waals surface area contributed by atoms with Gasteiger partial charge in [-0.3, -0.25) is 0 Å². The maximum Gasteiger partial charge on any atom is 0.0577 e. The Labute approximate surface area is 282 Å². The second-order valence-electron chi connectivity index (χ2n) is 17.5. The van der Waals surface area contributed by atoms with Crippen molar-refractivity contribution < 1.29 is 10.2 Å². The van der Waals surface area contributed by atoms with E-state index in [-0.39, 0.29) is 6.10 Å². The first-order valence-electron chi connectivity index (χ1n) is 20.7. The fraction of sp³-hybridized carbons (Fsp3) is 0.953. The van der Waals surface area contributed by atoms with Crippen LogP contribution in [0.1, 0.15) is 202 Å². The van der Waals surface area contributed by atoms with E-state index in [1.54, 1.807) is 5.57 Å². The van der Waals surface area contributed by atoms with Gasteiger partial charge in [0.05, 0.1) is 6.10 Å². The molecule has 0 aromatic carbocycles. The molecule has 0 aromatic heterocycles. The second kappa shape index (κ2) is 20.2. The van der Waals surface area contributed by atoms with Crippen molar-refractivity contribution >= 4 is 0 Å². The minimum Gasteiger partial charge on any atom is -0.396 e. The van der Waals surface area contributed by atoms with Crippen molar-refractivity contribution in [1.29, 1.82) is 0 Å². The summed E-state index contributed by atoms with van der Waals surface area (Å²) in [5.41, 5.74) is 2.60. The lowest BCUT2D eigenvalue weighted by Gasteiger charge is -2.58. The summed E-state index contributed by atoms with van der Waals surface area (Å²) in [4.78, 5) is 0. The molecule has 0 aromatic rings.